The fourth-order valence-corrected chi connectivity index (χ4v) is 2.84. The summed E-state index contributed by atoms with van der Waals surface area (Å²) >= 11 is 0. The molecule has 154 valence electrons. The highest BCUT2D eigenvalue weighted by Gasteiger charge is 2.26. The zero-order valence-corrected chi connectivity index (χ0v) is 17.3. The second-order valence-electron chi connectivity index (χ2n) is 8.35. The Bertz CT molecular complexity index is 531. The van der Waals surface area contributed by atoms with E-state index in [2.05, 4.69) is 37.7 Å². The van der Waals surface area contributed by atoms with Gasteiger partial charge in [0.15, 0.2) is 5.96 Å². The summed E-state index contributed by atoms with van der Waals surface area (Å²) in [6.45, 7) is 13.5. The van der Waals surface area contributed by atoms with Gasteiger partial charge in [-0.2, -0.15) is 0 Å². The molecule has 2 rings (SSSR count). The van der Waals surface area contributed by atoms with E-state index in [0.717, 1.165) is 51.5 Å². The molecular weight excluding hydrogens is 344 g/mol. The number of hydrogen-bond donors (Lipinski definition) is 3. The molecule has 27 heavy (non-hydrogen) atoms. The molecule has 1 heterocycles. The number of rotatable bonds is 7. The summed E-state index contributed by atoms with van der Waals surface area (Å²) in [5.74, 6) is 1.06. The molecule has 0 spiro atoms. The molecular formula is C19H36N6O2. The lowest BCUT2D eigenvalue weighted by Gasteiger charge is -2.36. The fraction of sp³-hybridized carbons (Fsp3) is 0.842. The summed E-state index contributed by atoms with van der Waals surface area (Å²) in [4.78, 5) is 32.9. The molecule has 3 N–H and O–H groups in total. The molecule has 8 nitrogen and oxygen atoms in total. The summed E-state index contributed by atoms with van der Waals surface area (Å²) in [5.41, 5.74) is -0.379. The zero-order chi connectivity index (χ0) is 19.9. The highest BCUT2D eigenvalue weighted by atomic mass is 16.2. The van der Waals surface area contributed by atoms with Crippen molar-refractivity contribution in [2.45, 2.75) is 46.6 Å². The van der Waals surface area contributed by atoms with Gasteiger partial charge in [-0.3, -0.25) is 19.5 Å². The minimum absolute atomic E-state index is 0.0424. The number of aliphatic imine (C=N–C) groups is 1. The van der Waals surface area contributed by atoms with Gasteiger partial charge in [-0.05, 0) is 19.8 Å². The van der Waals surface area contributed by atoms with Crippen molar-refractivity contribution in [3.05, 3.63) is 0 Å². The molecule has 0 atom stereocenters. The maximum Gasteiger partial charge on any atom is 0.234 e. The van der Waals surface area contributed by atoms with E-state index < -0.39 is 0 Å². The topological polar surface area (TPSA) is 89.1 Å². The van der Waals surface area contributed by atoms with E-state index in [1.807, 2.05) is 20.8 Å². The molecule has 0 aromatic heterocycles. The Morgan fingerprint density at radius 3 is 2.30 bits per heavy atom. The van der Waals surface area contributed by atoms with Crippen LogP contribution in [0.2, 0.25) is 0 Å². The molecule has 0 unspecified atom stereocenters. The van der Waals surface area contributed by atoms with Crippen molar-refractivity contribution in [1.29, 1.82) is 0 Å². The average Bonchev–Trinajstić information content (AvgIpc) is 3.41. The van der Waals surface area contributed by atoms with Crippen LogP contribution in [0.15, 0.2) is 4.99 Å². The second-order valence-corrected chi connectivity index (χ2v) is 8.35. The van der Waals surface area contributed by atoms with Gasteiger partial charge >= 0.3 is 0 Å². The van der Waals surface area contributed by atoms with E-state index in [4.69, 9.17) is 0 Å². The van der Waals surface area contributed by atoms with Crippen LogP contribution in [-0.2, 0) is 9.59 Å². The lowest BCUT2D eigenvalue weighted by atomic mass is 9.96. The predicted molar refractivity (Wildman–Crippen MR) is 108 cm³/mol. The Balaban J connectivity index is 1.73. The van der Waals surface area contributed by atoms with Crippen LogP contribution in [-0.4, -0.2) is 86.0 Å². The second kappa shape index (κ2) is 9.92. The third-order valence-corrected chi connectivity index (χ3v) is 4.66. The smallest absolute Gasteiger partial charge is 0.234 e. The Morgan fingerprint density at radius 2 is 1.74 bits per heavy atom. The summed E-state index contributed by atoms with van der Waals surface area (Å²) in [6.07, 6.45) is 2.25. The van der Waals surface area contributed by atoms with Crippen LogP contribution >= 0.6 is 0 Å². The van der Waals surface area contributed by atoms with Gasteiger partial charge in [-0.25, -0.2) is 0 Å². The maximum absolute atomic E-state index is 11.9. The molecule has 2 amide bonds. The molecule has 1 saturated carbocycles. The first-order valence-electron chi connectivity index (χ1n) is 10.1. The zero-order valence-electron chi connectivity index (χ0n) is 17.3. The largest absolute Gasteiger partial charge is 0.357 e. The molecule has 1 aliphatic heterocycles. The third-order valence-electron chi connectivity index (χ3n) is 4.66. The molecule has 0 aromatic carbocycles. The van der Waals surface area contributed by atoms with E-state index in [1.165, 1.54) is 0 Å². The van der Waals surface area contributed by atoms with Crippen LogP contribution in [0.1, 0.15) is 40.5 Å². The van der Waals surface area contributed by atoms with Crippen molar-refractivity contribution < 1.29 is 9.59 Å². The number of nitrogens with one attached hydrogen (secondary N) is 3. The highest BCUT2D eigenvalue weighted by molar-refractivity contribution is 5.82. The molecule has 1 saturated heterocycles. The van der Waals surface area contributed by atoms with Crippen molar-refractivity contribution in [2.24, 2.45) is 10.4 Å². The van der Waals surface area contributed by atoms with E-state index in [9.17, 15) is 9.59 Å². The van der Waals surface area contributed by atoms with Gasteiger partial charge in [0.05, 0.1) is 13.1 Å². The van der Waals surface area contributed by atoms with Crippen LogP contribution in [0.25, 0.3) is 0 Å². The first-order valence-corrected chi connectivity index (χ1v) is 10.1. The minimum Gasteiger partial charge on any atom is -0.357 e. The Morgan fingerprint density at radius 1 is 1.07 bits per heavy atom. The Kier molecular flexibility index (Phi) is 7.89. The average molecular weight is 381 g/mol. The highest BCUT2D eigenvalue weighted by Crippen LogP contribution is 2.18. The lowest BCUT2D eigenvalue weighted by molar-refractivity contribution is -0.128. The van der Waals surface area contributed by atoms with Crippen LogP contribution in [0.3, 0.4) is 0 Å². The summed E-state index contributed by atoms with van der Waals surface area (Å²) in [7, 11) is 0. The van der Waals surface area contributed by atoms with E-state index in [1.54, 1.807) is 0 Å². The Labute approximate surface area is 163 Å². The number of guanidine groups is 1. The SMILES string of the molecule is CCNC(=NCCNC(=O)C(C)(C)C)N1CCN(CC(=O)NC2CC2)CC1. The van der Waals surface area contributed by atoms with Gasteiger partial charge in [0.1, 0.15) is 0 Å². The van der Waals surface area contributed by atoms with Gasteiger partial charge in [0, 0.05) is 50.7 Å². The van der Waals surface area contributed by atoms with Crippen molar-refractivity contribution in [3.63, 3.8) is 0 Å². The van der Waals surface area contributed by atoms with Crippen molar-refractivity contribution in [3.8, 4) is 0 Å². The van der Waals surface area contributed by atoms with E-state index >= 15 is 0 Å². The van der Waals surface area contributed by atoms with Crippen LogP contribution < -0.4 is 16.0 Å². The van der Waals surface area contributed by atoms with Crippen LogP contribution in [0.4, 0.5) is 0 Å². The number of hydrogen-bond acceptors (Lipinski definition) is 4. The van der Waals surface area contributed by atoms with Crippen LogP contribution in [0, 0.1) is 5.41 Å². The van der Waals surface area contributed by atoms with Crippen molar-refractivity contribution >= 4 is 17.8 Å². The van der Waals surface area contributed by atoms with Gasteiger partial charge in [-0.15, -0.1) is 0 Å². The molecule has 0 bridgehead atoms. The monoisotopic (exact) mass is 380 g/mol. The summed E-state index contributed by atoms with van der Waals surface area (Å²) in [6, 6.07) is 0.421. The normalized spacial score (nSPS) is 19.0. The minimum atomic E-state index is -0.379. The lowest BCUT2D eigenvalue weighted by Crippen LogP contribution is -2.54. The summed E-state index contributed by atoms with van der Waals surface area (Å²) < 4.78 is 0. The fourth-order valence-electron chi connectivity index (χ4n) is 2.84. The molecule has 8 heteroatoms. The predicted octanol–water partition coefficient (Wildman–Crippen LogP) is 0.0104. The molecule has 0 aromatic rings. The van der Waals surface area contributed by atoms with Gasteiger partial charge in [-0.1, -0.05) is 20.8 Å². The molecule has 1 aliphatic carbocycles. The molecule has 2 fully saturated rings. The number of carbonyl (C=O) groups excluding carboxylic acids is 2. The van der Waals surface area contributed by atoms with Crippen LogP contribution in [0.5, 0.6) is 0 Å². The van der Waals surface area contributed by atoms with Gasteiger partial charge in [0.2, 0.25) is 11.8 Å². The standard InChI is InChI=1S/C19H36N6O2/c1-5-20-18(22-9-8-21-17(27)19(2,3)4)25-12-10-24(11-13-25)14-16(26)23-15-6-7-15/h15H,5-14H2,1-4H3,(H,20,22)(H,21,27)(H,23,26). The van der Waals surface area contributed by atoms with E-state index in [-0.39, 0.29) is 17.2 Å². The van der Waals surface area contributed by atoms with E-state index in [0.29, 0.717) is 25.7 Å². The quantitative estimate of drug-likeness (QED) is 0.329. The first kappa shape index (κ1) is 21.5. The Hall–Kier alpha value is -1.83. The first-order chi connectivity index (χ1) is 12.8. The number of nitrogens with zero attached hydrogens (tertiary/aromatic N) is 3. The maximum atomic E-state index is 11.9. The van der Waals surface area contributed by atoms with Gasteiger partial charge in [0.25, 0.3) is 0 Å². The number of piperazine rings is 1. The van der Waals surface area contributed by atoms with Crippen molar-refractivity contribution in [2.75, 3.05) is 52.4 Å². The number of amides is 2. The third kappa shape index (κ3) is 7.74. The molecule has 2 aliphatic rings. The summed E-state index contributed by atoms with van der Waals surface area (Å²) in [5, 5.41) is 9.30. The van der Waals surface area contributed by atoms with Gasteiger partial charge < -0.3 is 20.9 Å². The van der Waals surface area contributed by atoms with Crippen molar-refractivity contribution in [1.82, 2.24) is 25.8 Å². The number of carbonyl (C=O) groups is 2. The molecule has 0 radical (unpaired) electrons.